The van der Waals surface area contributed by atoms with Crippen molar-refractivity contribution in [1.29, 1.82) is 0 Å². The first-order chi connectivity index (χ1) is 18.1. The molecule has 4 N–H and O–H groups in total. The zero-order valence-corrected chi connectivity index (χ0v) is 21.8. The van der Waals surface area contributed by atoms with Crippen molar-refractivity contribution in [2.45, 2.75) is 31.1 Å². The molecule has 5 rings (SSSR count). The highest BCUT2D eigenvalue weighted by molar-refractivity contribution is 6.31. The lowest BCUT2D eigenvalue weighted by Gasteiger charge is -2.38. The number of benzene rings is 1. The Morgan fingerprint density at radius 3 is 2.79 bits per heavy atom. The maximum absolute atomic E-state index is 13.2. The highest BCUT2D eigenvalue weighted by Gasteiger charge is 2.36. The van der Waals surface area contributed by atoms with Crippen molar-refractivity contribution in [3.05, 3.63) is 57.3 Å². The summed E-state index contributed by atoms with van der Waals surface area (Å²) in [6.45, 7) is 3.77. The van der Waals surface area contributed by atoms with Crippen LogP contribution in [0.4, 0.5) is 23.8 Å². The lowest BCUT2D eigenvalue weighted by molar-refractivity contribution is -0.141. The summed E-state index contributed by atoms with van der Waals surface area (Å²) in [6, 6.07) is 8.27. The van der Waals surface area contributed by atoms with Crippen LogP contribution in [0.1, 0.15) is 29.4 Å². The lowest BCUT2D eigenvalue weighted by Crippen LogP contribution is -2.44. The average Bonchev–Trinajstić information content (AvgIpc) is 3.44. The van der Waals surface area contributed by atoms with Crippen LogP contribution in [0.2, 0.25) is 10.0 Å². The molecule has 0 radical (unpaired) electrons. The molecule has 0 aliphatic carbocycles. The number of nitrogens with one attached hydrogen (secondary N) is 3. The summed E-state index contributed by atoms with van der Waals surface area (Å²) in [5.74, 6) is 0.110. The molecule has 0 spiro atoms. The van der Waals surface area contributed by atoms with E-state index < -0.39 is 23.0 Å². The fourth-order valence-corrected chi connectivity index (χ4v) is 5.85. The maximum Gasteiger partial charge on any atom is 0.434 e. The molecule has 1 saturated heterocycles. The quantitative estimate of drug-likeness (QED) is 0.310. The van der Waals surface area contributed by atoms with E-state index >= 15 is 0 Å². The molecule has 2 atom stereocenters. The molecule has 1 amide bonds. The van der Waals surface area contributed by atoms with Gasteiger partial charge >= 0.3 is 12.3 Å². The Balaban J connectivity index is 1.33. The highest BCUT2D eigenvalue weighted by Crippen LogP contribution is 2.37. The number of pyridine rings is 1. The summed E-state index contributed by atoms with van der Waals surface area (Å²) < 4.78 is 39.6. The van der Waals surface area contributed by atoms with Crippen molar-refractivity contribution in [2.24, 2.45) is 0 Å². The monoisotopic (exact) mass is 570 g/mol. The number of nitrogens with zero attached hydrogens (tertiary/aromatic N) is 3. The molecule has 2 aromatic heterocycles. The molecule has 8 nitrogen and oxygen atoms in total. The number of hydrogen-bond acceptors (Lipinski definition) is 5. The average molecular weight is 571 g/mol. The van der Waals surface area contributed by atoms with Crippen molar-refractivity contribution >= 4 is 46.0 Å². The van der Waals surface area contributed by atoms with Gasteiger partial charge in [0.05, 0.1) is 11.1 Å². The first-order valence-corrected chi connectivity index (χ1v) is 13.1. The number of halogens is 5. The van der Waals surface area contributed by atoms with Gasteiger partial charge in [0.1, 0.15) is 5.82 Å². The first kappa shape index (κ1) is 26.9. The van der Waals surface area contributed by atoms with Gasteiger partial charge in [-0.25, -0.2) is 9.78 Å². The SMILES string of the molecule is O=C(O)NC1CCN(CC2c3[nH]c4ccc(Cl)cc4c3CCN2CCNc2ccc(Cl)c(C(F)(F)F)n2)C1. The fraction of sp³-hybridized carbons (Fsp3) is 0.440. The predicted molar refractivity (Wildman–Crippen MR) is 140 cm³/mol. The van der Waals surface area contributed by atoms with Crippen LogP contribution in [0.15, 0.2) is 30.3 Å². The van der Waals surface area contributed by atoms with Crippen LogP contribution in [-0.2, 0) is 12.6 Å². The summed E-state index contributed by atoms with van der Waals surface area (Å²) in [5, 5.41) is 16.0. The third-order valence-corrected chi connectivity index (χ3v) is 7.72. The van der Waals surface area contributed by atoms with Crippen LogP contribution in [-0.4, -0.2) is 76.3 Å². The maximum atomic E-state index is 13.2. The molecule has 38 heavy (non-hydrogen) atoms. The van der Waals surface area contributed by atoms with Crippen molar-refractivity contribution in [2.75, 3.05) is 44.6 Å². The zero-order valence-electron chi connectivity index (χ0n) is 20.3. The number of hydrogen-bond donors (Lipinski definition) is 4. The van der Waals surface area contributed by atoms with Crippen LogP contribution in [0, 0.1) is 0 Å². The Morgan fingerprint density at radius 2 is 2.03 bits per heavy atom. The standard InChI is InChI=1S/C25H27Cl2F3N6O2/c26-14-1-3-19-17(11-14)16-6-9-36(10-7-31-21-4-2-18(27)23(34-21)25(28,29)30)20(22(16)33-19)13-35-8-5-15(12-35)32-24(37)38/h1-4,11,15,20,32-33H,5-10,12-13H2,(H,31,34)(H,37,38). The van der Waals surface area contributed by atoms with E-state index in [2.05, 4.69) is 30.4 Å². The summed E-state index contributed by atoms with van der Waals surface area (Å²) >= 11 is 12.0. The number of H-pyrrole nitrogens is 1. The van der Waals surface area contributed by atoms with Gasteiger partial charge in [-0.2, -0.15) is 13.2 Å². The largest absolute Gasteiger partial charge is 0.465 e. The Hall–Kier alpha value is -2.73. The Bertz CT molecular complexity index is 1330. The topological polar surface area (TPSA) is 96.5 Å². The van der Waals surface area contributed by atoms with Gasteiger partial charge in [0.25, 0.3) is 0 Å². The van der Waals surface area contributed by atoms with Gasteiger partial charge < -0.3 is 20.7 Å². The highest BCUT2D eigenvalue weighted by atomic mass is 35.5. The predicted octanol–water partition coefficient (Wildman–Crippen LogP) is 5.24. The third-order valence-electron chi connectivity index (χ3n) is 7.17. The van der Waals surface area contributed by atoms with Gasteiger partial charge in [-0.05, 0) is 48.7 Å². The number of amides is 1. The normalized spacial score (nSPS) is 20.6. The van der Waals surface area contributed by atoms with E-state index in [-0.39, 0.29) is 17.9 Å². The summed E-state index contributed by atoms with van der Waals surface area (Å²) in [5.41, 5.74) is 2.19. The molecule has 1 fully saturated rings. The number of aromatic amines is 1. The van der Waals surface area contributed by atoms with Gasteiger partial charge in [-0.1, -0.05) is 23.2 Å². The number of carbonyl (C=O) groups is 1. The summed E-state index contributed by atoms with van der Waals surface area (Å²) in [6.07, 6.45) is -4.13. The van der Waals surface area contributed by atoms with E-state index in [0.717, 1.165) is 42.5 Å². The van der Waals surface area contributed by atoms with Crippen molar-refractivity contribution in [1.82, 2.24) is 25.1 Å². The smallest absolute Gasteiger partial charge is 0.434 e. The second-order valence-electron chi connectivity index (χ2n) is 9.66. The Kier molecular flexibility index (Phi) is 7.63. The number of anilines is 1. The Morgan fingerprint density at radius 1 is 1.21 bits per heavy atom. The molecule has 13 heteroatoms. The fourth-order valence-electron chi connectivity index (χ4n) is 5.47. The number of likely N-dealkylation sites (tertiary alicyclic amines) is 1. The molecule has 0 bridgehead atoms. The number of aromatic nitrogens is 2. The molecule has 2 aliphatic heterocycles. The second-order valence-corrected chi connectivity index (χ2v) is 10.5. The van der Waals surface area contributed by atoms with E-state index in [4.69, 9.17) is 28.3 Å². The second kappa shape index (κ2) is 10.8. The van der Waals surface area contributed by atoms with Crippen LogP contribution < -0.4 is 10.6 Å². The van der Waals surface area contributed by atoms with Gasteiger partial charge in [0.15, 0.2) is 5.69 Å². The number of carboxylic acid groups (broad SMARTS) is 1. The van der Waals surface area contributed by atoms with Crippen molar-refractivity contribution < 1.29 is 23.1 Å². The van der Waals surface area contributed by atoms with E-state index in [1.165, 1.54) is 17.7 Å². The van der Waals surface area contributed by atoms with Gasteiger partial charge in [0, 0.05) is 66.9 Å². The number of rotatable bonds is 7. The van der Waals surface area contributed by atoms with Crippen LogP contribution >= 0.6 is 23.2 Å². The summed E-state index contributed by atoms with van der Waals surface area (Å²) in [4.78, 5) is 22.9. The minimum absolute atomic E-state index is 0.0146. The molecule has 3 aromatic rings. The molecular formula is C25H27Cl2F3N6O2. The molecule has 4 heterocycles. The van der Waals surface area contributed by atoms with Gasteiger partial charge in [0.2, 0.25) is 0 Å². The number of alkyl halides is 3. The molecular weight excluding hydrogens is 544 g/mol. The lowest BCUT2D eigenvalue weighted by atomic mass is 9.96. The van der Waals surface area contributed by atoms with Crippen LogP contribution in [0.3, 0.4) is 0 Å². The van der Waals surface area contributed by atoms with E-state index in [1.54, 1.807) is 0 Å². The van der Waals surface area contributed by atoms with E-state index in [1.807, 2.05) is 18.2 Å². The first-order valence-electron chi connectivity index (χ1n) is 12.3. The van der Waals surface area contributed by atoms with E-state index in [9.17, 15) is 18.0 Å². The number of fused-ring (bicyclic) bond motifs is 3. The van der Waals surface area contributed by atoms with Crippen LogP contribution in [0.25, 0.3) is 10.9 Å². The third kappa shape index (κ3) is 5.80. The molecule has 2 aliphatic rings. The van der Waals surface area contributed by atoms with Gasteiger partial charge in [-0.15, -0.1) is 0 Å². The minimum atomic E-state index is -4.63. The van der Waals surface area contributed by atoms with Gasteiger partial charge in [-0.3, -0.25) is 9.80 Å². The molecule has 2 unspecified atom stereocenters. The van der Waals surface area contributed by atoms with Crippen molar-refractivity contribution in [3.63, 3.8) is 0 Å². The van der Waals surface area contributed by atoms with Crippen molar-refractivity contribution in [3.8, 4) is 0 Å². The minimum Gasteiger partial charge on any atom is -0.465 e. The summed E-state index contributed by atoms with van der Waals surface area (Å²) in [7, 11) is 0. The molecule has 0 saturated carbocycles. The molecule has 1 aromatic carbocycles. The van der Waals surface area contributed by atoms with Crippen LogP contribution in [0.5, 0.6) is 0 Å². The molecule has 204 valence electrons. The van der Waals surface area contributed by atoms with E-state index in [0.29, 0.717) is 31.2 Å². The Labute approximate surface area is 227 Å². The zero-order chi connectivity index (χ0) is 27.0.